The Balaban J connectivity index is 1.65. The smallest absolute Gasteiger partial charge is 0.349 e. The zero-order valence-corrected chi connectivity index (χ0v) is 16.3. The van der Waals surface area contributed by atoms with Gasteiger partial charge in [-0.25, -0.2) is 9.18 Å². The fraction of sp³-hybridized carbons (Fsp3) is 0.0417. The molecular weight excluding hydrogens is 399 g/mol. The molecule has 0 fully saturated rings. The van der Waals surface area contributed by atoms with E-state index < -0.39 is 17.3 Å². The Bertz CT molecular complexity index is 1420. The standard InChI is InChI=1S/C24H15FN2O4/c1-30-21-7-3-5-16-12-19(24(29)31-22(16)21)23(28)27-18-6-2-4-14(11-18)15-8-9-20(25)17(10-15)13-26/h2-12H,1H3,(H,27,28). The number of nitriles is 1. The van der Waals surface area contributed by atoms with Crippen molar-refractivity contribution in [1.29, 1.82) is 5.26 Å². The fourth-order valence-electron chi connectivity index (χ4n) is 3.20. The number of carbonyl (C=O) groups excluding carboxylic acids is 1. The van der Waals surface area contributed by atoms with E-state index in [-0.39, 0.29) is 16.7 Å². The van der Waals surface area contributed by atoms with Gasteiger partial charge >= 0.3 is 5.63 Å². The molecule has 1 heterocycles. The summed E-state index contributed by atoms with van der Waals surface area (Å²) >= 11 is 0. The van der Waals surface area contributed by atoms with Gasteiger partial charge in [-0.15, -0.1) is 0 Å². The first kappa shape index (κ1) is 19.9. The van der Waals surface area contributed by atoms with E-state index in [1.165, 1.54) is 25.3 Å². The largest absolute Gasteiger partial charge is 0.493 e. The molecule has 31 heavy (non-hydrogen) atoms. The summed E-state index contributed by atoms with van der Waals surface area (Å²) in [5.74, 6) is -0.840. The lowest BCUT2D eigenvalue weighted by Gasteiger charge is -2.09. The number of rotatable bonds is 4. The molecule has 0 saturated heterocycles. The molecule has 0 saturated carbocycles. The molecule has 0 aliphatic heterocycles. The van der Waals surface area contributed by atoms with E-state index in [1.54, 1.807) is 54.6 Å². The molecular formula is C24H15FN2O4. The number of fused-ring (bicyclic) bond motifs is 1. The van der Waals surface area contributed by atoms with Crippen molar-refractivity contribution < 1.29 is 18.3 Å². The van der Waals surface area contributed by atoms with E-state index in [1.807, 2.05) is 0 Å². The summed E-state index contributed by atoms with van der Waals surface area (Å²) in [6.07, 6.45) is 0. The normalized spacial score (nSPS) is 10.5. The van der Waals surface area contributed by atoms with E-state index >= 15 is 0 Å². The van der Waals surface area contributed by atoms with Gasteiger partial charge in [-0.2, -0.15) is 5.26 Å². The highest BCUT2D eigenvalue weighted by atomic mass is 19.1. The van der Waals surface area contributed by atoms with Crippen LogP contribution in [0.2, 0.25) is 0 Å². The summed E-state index contributed by atoms with van der Waals surface area (Å²) in [6, 6.07) is 19.3. The second-order valence-corrected chi connectivity index (χ2v) is 6.67. The molecule has 4 aromatic rings. The molecule has 6 nitrogen and oxygen atoms in total. The minimum Gasteiger partial charge on any atom is -0.493 e. The van der Waals surface area contributed by atoms with E-state index in [0.717, 1.165) is 0 Å². The quantitative estimate of drug-likeness (QED) is 0.487. The SMILES string of the molecule is COc1cccc2cc(C(=O)Nc3cccc(-c4ccc(F)c(C#N)c4)c3)c(=O)oc12. The minimum absolute atomic E-state index is 0.0730. The number of methoxy groups -OCH3 is 1. The molecule has 0 bridgehead atoms. The van der Waals surface area contributed by atoms with Gasteiger partial charge in [0.05, 0.1) is 12.7 Å². The van der Waals surface area contributed by atoms with E-state index in [0.29, 0.717) is 28.0 Å². The first-order chi connectivity index (χ1) is 15.0. The molecule has 1 aromatic heterocycles. The van der Waals surface area contributed by atoms with E-state index in [9.17, 15) is 14.0 Å². The molecule has 4 rings (SSSR count). The Morgan fingerprint density at radius 3 is 2.61 bits per heavy atom. The second kappa shape index (κ2) is 8.13. The van der Waals surface area contributed by atoms with Gasteiger partial charge < -0.3 is 14.5 Å². The number of halogens is 1. The summed E-state index contributed by atoms with van der Waals surface area (Å²) < 4.78 is 24.1. The Kier molecular flexibility index (Phi) is 5.21. The van der Waals surface area contributed by atoms with Crippen LogP contribution in [0.3, 0.4) is 0 Å². The van der Waals surface area contributed by atoms with Crippen LogP contribution in [-0.2, 0) is 0 Å². The first-order valence-electron chi connectivity index (χ1n) is 9.22. The van der Waals surface area contributed by atoms with Crippen molar-refractivity contribution in [3.63, 3.8) is 0 Å². The Morgan fingerprint density at radius 1 is 1.06 bits per heavy atom. The second-order valence-electron chi connectivity index (χ2n) is 6.67. The number of nitrogens with one attached hydrogen (secondary N) is 1. The summed E-state index contributed by atoms with van der Waals surface area (Å²) in [5, 5.41) is 12.3. The highest BCUT2D eigenvalue weighted by Crippen LogP contribution is 2.26. The Hall–Kier alpha value is -4.44. The van der Waals surface area contributed by atoms with Crippen LogP contribution >= 0.6 is 0 Å². The molecule has 0 aliphatic rings. The number of hydrogen-bond acceptors (Lipinski definition) is 5. The van der Waals surface area contributed by atoms with Crippen molar-refractivity contribution >= 4 is 22.6 Å². The fourth-order valence-corrected chi connectivity index (χ4v) is 3.20. The maximum Gasteiger partial charge on any atom is 0.349 e. The molecule has 0 aliphatic carbocycles. The van der Waals surface area contributed by atoms with Crippen LogP contribution in [0, 0.1) is 17.1 Å². The van der Waals surface area contributed by atoms with Gasteiger partial charge in [0, 0.05) is 11.1 Å². The third kappa shape index (κ3) is 3.87. The Morgan fingerprint density at radius 2 is 1.84 bits per heavy atom. The summed E-state index contributed by atoms with van der Waals surface area (Å²) in [7, 11) is 1.46. The average molecular weight is 414 g/mol. The number of anilines is 1. The first-order valence-corrected chi connectivity index (χ1v) is 9.22. The number of benzene rings is 3. The molecule has 1 N–H and O–H groups in total. The topological polar surface area (TPSA) is 92.3 Å². The van der Waals surface area contributed by atoms with Crippen LogP contribution in [0.5, 0.6) is 5.75 Å². The van der Waals surface area contributed by atoms with Crippen molar-refractivity contribution in [3.05, 3.63) is 94.1 Å². The lowest BCUT2D eigenvalue weighted by Crippen LogP contribution is -2.20. The number of amides is 1. The van der Waals surface area contributed by atoms with Crippen LogP contribution in [0.4, 0.5) is 10.1 Å². The van der Waals surface area contributed by atoms with Gasteiger partial charge in [0.15, 0.2) is 11.3 Å². The van der Waals surface area contributed by atoms with Gasteiger partial charge in [-0.3, -0.25) is 4.79 Å². The molecule has 152 valence electrons. The van der Waals surface area contributed by atoms with Crippen LogP contribution in [0.15, 0.2) is 75.9 Å². The van der Waals surface area contributed by atoms with Crippen LogP contribution in [0.1, 0.15) is 15.9 Å². The molecule has 7 heteroatoms. The maximum absolute atomic E-state index is 13.6. The number of nitrogens with zero attached hydrogens (tertiary/aromatic N) is 1. The average Bonchev–Trinajstić information content (AvgIpc) is 2.78. The molecule has 1 amide bonds. The van der Waals surface area contributed by atoms with Crippen molar-refractivity contribution in [3.8, 4) is 22.9 Å². The van der Waals surface area contributed by atoms with Crippen LogP contribution in [0.25, 0.3) is 22.1 Å². The van der Waals surface area contributed by atoms with Crippen molar-refractivity contribution in [2.75, 3.05) is 12.4 Å². The zero-order chi connectivity index (χ0) is 22.0. The Labute approximate surface area is 176 Å². The van der Waals surface area contributed by atoms with Crippen molar-refractivity contribution in [2.45, 2.75) is 0 Å². The lowest BCUT2D eigenvalue weighted by molar-refractivity contribution is 0.102. The minimum atomic E-state index is -0.789. The molecule has 0 unspecified atom stereocenters. The third-order valence-electron chi connectivity index (χ3n) is 4.73. The van der Waals surface area contributed by atoms with Gasteiger partial charge in [0.1, 0.15) is 17.4 Å². The zero-order valence-electron chi connectivity index (χ0n) is 16.3. The maximum atomic E-state index is 13.6. The number of para-hydroxylation sites is 1. The predicted molar refractivity (Wildman–Crippen MR) is 114 cm³/mol. The monoisotopic (exact) mass is 414 g/mol. The molecule has 0 spiro atoms. The number of carbonyl (C=O) groups is 1. The van der Waals surface area contributed by atoms with E-state index in [4.69, 9.17) is 14.4 Å². The molecule has 3 aromatic carbocycles. The summed E-state index contributed by atoms with van der Waals surface area (Å²) in [5.41, 5.74) is 0.961. The highest BCUT2D eigenvalue weighted by molar-refractivity contribution is 6.05. The van der Waals surface area contributed by atoms with Crippen LogP contribution < -0.4 is 15.7 Å². The van der Waals surface area contributed by atoms with Gasteiger partial charge in [0.25, 0.3) is 5.91 Å². The molecule has 0 atom stereocenters. The van der Waals surface area contributed by atoms with E-state index in [2.05, 4.69) is 5.32 Å². The lowest BCUT2D eigenvalue weighted by atomic mass is 10.0. The third-order valence-corrected chi connectivity index (χ3v) is 4.73. The van der Waals surface area contributed by atoms with Crippen LogP contribution in [-0.4, -0.2) is 13.0 Å². The van der Waals surface area contributed by atoms with Gasteiger partial charge in [-0.05, 0) is 47.5 Å². The predicted octanol–water partition coefficient (Wildman–Crippen LogP) is 4.73. The number of ether oxygens (including phenoxy) is 1. The van der Waals surface area contributed by atoms with Crippen molar-refractivity contribution in [1.82, 2.24) is 0 Å². The van der Waals surface area contributed by atoms with Crippen molar-refractivity contribution in [2.24, 2.45) is 0 Å². The van der Waals surface area contributed by atoms with Gasteiger partial charge in [-0.1, -0.05) is 30.3 Å². The highest BCUT2D eigenvalue weighted by Gasteiger charge is 2.16. The molecule has 0 radical (unpaired) electrons. The number of hydrogen-bond donors (Lipinski definition) is 1. The van der Waals surface area contributed by atoms with Gasteiger partial charge in [0.2, 0.25) is 0 Å². The summed E-state index contributed by atoms with van der Waals surface area (Å²) in [6.45, 7) is 0. The summed E-state index contributed by atoms with van der Waals surface area (Å²) in [4.78, 5) is 25.1.